The minimum Gasteiger partial charge on any atom is -0.387 e. The third-order valence-corrected chi connectivity index (χ3v) is 4.13. The van der Waals surface area contributed by atoms with E-state index in [1.54, 1.807) is 31.3 Å². The zero-order chi connectivity index (χ0) is 13.8. The maximum absolute atomic E-state index is 12.1. The van der Waals surface area contributed by atoms with Crippen LogP contribution in [-0.4, -0.2) is 22.0 Å². The smallest absolute Gasteiger partial charge is 0.242 e. The highest BCUT2D eigenvalue weighted by molar-refractivity contribution is 7.89. The van der Waals surface area contributed by atoms with Crippen LogP contribution in [0.2, 0.25) is 0 Å². The van der Waals surface area contributed by atoms with E-state index in [9.17, 15) is 8.42 Å². The normalized spacial score (nSPS) is 12.4. The third-order valence-electron chi connectivity index (χ3n) is 2.61. The highest BCUT2D eigenvalue weighted by Crippen LogP contribution is 2.21. The van der Waals surface area contributed by atoms with Gasteiger partial charge in [-0.2, -0.15) is 0 Å². The lowest BCUT2D eigenvalue weighted by molar-refractivity contribution is 0.378. The summed E-state index contributed by atoms with van der Waals surface area (Å²) in [4.78, 5) is 0.293. The summed E-state index contributed by atoms with van der Waals surface area (Å²) in [5.74, 6) is 0. The molecule has 0 amide bonds. The molecule has 1 aromatic rings. The van der Waals surface area contributed by atoms with Gasteiger partial charge >= 0.3 is 0 Å². The van der Waals surface area contributed by atoms with E-state index in [4.69, 9.17) is 0 Å². The lowest BCUT2D eigenvalue weighted by atomic mass is 9.93. The van der Waals surface area contributed by atoms with Gasteiger partial charge in [0.2, 0.25) is 10.0 Å². The second-order valence-corrected chi connectivity index (χ2v) is 7.19. The Morgan fingerprint density at radius 1 is 1.17 bits per heavy atom. The van der Waals surface area contributed by atoms with Crippen LogP contribution < -0.4 is 10.0 Å². The van der Waals surface area contributed by atoms with Crippen molar-refractivity contribution in [3.8, 4) is 0 Å². The summed E-state index contributed by atoms with van der Waals surface area (Å²) in [6.07, 6.45) is 0.800. The second kappa shape index (κ2) is 5.71. The Balaban J connectivity index is 2.81. The fourth-order valence-corrected chi connectivity index (χ4v) is 2.79. The van der Waals surface area contributed by atoms with Crippen molar-refractivity contribution < 1.29 is 8.42 Å². The van der Waals surface area contributed by atoms with Crippen LogP contribution in [0, 0.1) is 5.41 Å². The molecule has 0 aliphatic heterocycles. The van der Waals surface area contributed by atoms with E-state index < -0.39 is 10.0 Å². The van der Waals surface area contributed by atoms with Crippen LogP contribution in [0.1, 0.15) is 27.2 Å². The van der Waals surface area contributed by atoms with Crippen molar-refractivity contribution in [3.63, 3.8) is 0 Å². The average molecular weight is 270 g/mol. The molecule has 0 bridgehead atoms. The minimum atomic E-state index is -3.44. The Hall–Kier alpha value is -1.07. The average Bonchev–Trinajstić information content (AvgIpc) is 2.27. The van der Waals surface area contributed by atoms with Crippen LogP contribution >= 0.6 is 0 Å². The predicted octanol–water partition coefficient (Wildman–Crippen LogP) is 2.44. The van der Waals surface area contributed by atoms with E-state index in [1.165, 1.54) is 0 Å². The van der Waals surface area contributed by atoms with E-state index in [0.717, 1.165) is 6.42 Å². The minimum absolute atomic E-state index is 0.116. The summed E-state index contributed by atoms with van der Waals surface area (Å²) in [5.41, 5.74) is 0.728. The van der Waals surface area contributed by atoms with Gasteiger partial charge in [0.15, 0.2) is 0 Å². The van der Waals surface area contributed by atoms with Crippen molar-refractivity contribution >= 4 is 15.7 Å². The zero-order valence-corrected chi connectivity index (χ0v) is 12.3. The molecule has 0 saturated heterocycles. The van der Waals surface area contributed by atoms with Crippen LogP contribution in [0.25, 0.3) is 0 Å². The van der Waals surface area contributed by atoms with Crippen LogP contribution in [0.3, 0.4) is 0 Å². The Morgan fingerprint density at radius 2 is 1.78 bits per heavy atom. The van der Waals surface area contributed by atoms with Crippen LogP contribution in [0.5, 0.6) is 0 Å². The summed E-state index contributed by atoms with van der Waals surface area (Å²) in [5, 5.41) is 2.89. The molecular formula is C13H22N2O2S. The number of nitrogens with one attached hydrogen (secondary N) is 2. The molecule has 0 atom stereocenters. The van der Waals surface area contributed by atoms with Crippen molar-refractivity contribution in [2.75, 3.05) is 18.9 Å². The lowest BCUT2D eigenvalue weighted by Gasteiger charge is -2.18. The number of anilines is 1. The number of hydrogen-bond acceptors (Lipinski definition) is 3. The first kappa shape index (κ1) is 15.0. The molecule has 5 heteroatoms. The zero-order valence-electron chi connectivity index (χ0n) is 11.4. The van der Waals surface area contributed by atoms with Crippen molar-refractivity contribution in [2.45, 2.75) is 32.1 Å². The van der Waals surface area contributed by atoms with Crippen molar-refractivity contribution in [1.82, 2.24) is 4.72 Å². The SMILES string of the molecule is CNc1ccccc1S(=O)(=O)NCCC(C)(C)C. The fourth-order valence-electron chi connectivity index (χ4n) is 1.55. The maximum atomic E-state index is 12.1. The molecule has 0 spiro atoms. The number of rotatable bonds is 5. The van der Waals surface area contributed by atoms with Gasteiger partial charge < -0.3 is 5.32 Å². The number of hydrogen-bond donors (Lipinski definition) is 2. The quantitative estimate of drug-likeness (QED) is 0.864. The summed E-state index contributed by atoms with van der Waals surface area (Å²) >= 11 is 0. The number of para-hydroxylation sites is 1. The van der Waals surface area contributed by atoms with E-state index in [-0.39, 0.29) is 5.41 Å². The largest absolute Gasteiger partial charge is 0.387 e. The third kappa shape index (κ3) is 4.31. The summed E-state index contributed by atoms with van der Waals surface area (Å²) in [7, 11) is -1.73. The van der Waals surface area contributed by atoms with Gasteiger partial charge in [-0.05, 0) is 24.0 Å². The van der Waals surface area contributed by atoms with Gasteiger partial charge in [-0.15, -0.1) is 0 Å². The Kier molecular flexibility index (Phi) is 4.76. The standard InChI is InChI=1S/C13H22N2O2S/c1-13(2,3)9-10-15-18(16,17)12-8-6-5-7-11(12)14-4/h5-8,14-15H,9-10H2,1-4H3. The topological polar surface area (TPSA) is 58.2 Å². The number of sulfonamides is 1. The lowest BCUT2D eigenvalue weighted by Crippen LogP contribution is -2.28. The van der Waals surface area contributed by atoms with Crippen molar-refractivity contribution in [2.24, 2.45) is 5.41 Å². The highest BCUT2D eigenvalue weighted by Gasteiger charge is 2.18. The molecule has 102 valence electrons. The molecule has 0 aliphatic rings. The Bertz CT molecular complexity index is 490. The van der Waals surface area contributed by atoms with Crippen LogP contribution in [0.15, 0.2) is 29.2 Å². The van der Waals surface area contributed by atoms with Gasteiger partial charge in [0.25, 0.3) is 0 Å². The molecule has 0 radical (unpaired) electrons. The molecule has 0 fully saturated rings. The summed E-state index contributed by atoms with van der Waals surface area (Å²) in [6.45, 7) is 6.71. The first-order valence-electron chi connectivity index (χ1n) is 6.03. The first-order chi connectivity index (χ1) is 8.26. The van der Waals surface area contributed by atoms with Crippen molar-refractivity contribution in [3.05, 3.63) is 24.3 Å². The van der Waals surface area contributed by atoms with Gasteiger partial charge in [-0.25, -0.2) is 13.1 Å². The van der Waals surface area contributed by atoms with Gasteiger partial charge in [-0.3, -0.25) is 0 Å². The molecule has 0 aromatic heterocycles. The van der Waals surface area contributed by atoms with Gasteiger partial charge in [0.1, 0.15) is 4.90 Å². The molecule has 4 nitrogen and oxygen atoms in total. The predicted molar refractivity (Wildman–Crippen MR) is 75.2 cm³/mol. The summed E-state index contributed by atoms with van der Waals surface area (Å²) < 4.78 is 26.9. The van der Waals surface area contributed by atoms with E-state index in [1.807, 2.05) is 0 Å². The number of benzene rings is 1. The van der Waals surface area contributed by atoms with Gasteiger partial charge in [0, 0.05) is 13.6 Å². The fraction of sp³-hybridized carbons (Fsp3) is 0.538. The summed E-state index contributed by atoms with van der Waals surface area (Å²) in [6, 6.07) is 6.88. The first-order valence-corrected chi connectivity index (χ1v) is 7.51. The molecule has 1 aromatic carbocycles. The Morgan fingerprint density at radius 3 is 2.33 bits per heavy atom. The van der Waals surface area contributed by atoms with Gasteiger partial charge in [0.05, 0.1) is 5.69 Å². The monoisotopic (exact) mass is 270 g/mol. The molecule has 0 aliphatic carbocycles. The van der Waals surface area contributed by atoms with E-state index in [0.29, 0.717) is 17.1 Å². The molecular weight excluding hydrogens is 248 g/mol. The van der Waals surface area contributed by atoms with Crippen LogP contribution in [0.4, 0.5) is 5.69 Å². The second-order valence-electron chi connectivity index (χ2n) is 5.45. The van der Waals surface area contributed by atoms with Crippen LogP contribution in [-0.2, 0) is 10.0 Å². The van der Waals surface area contributed by atoms with Gasteiger partial charge in [-0.1, -0.05) is 32.9 Å². The molecule has 18 heavy (non-hydrogen) atoms. The molecule has 0 unspecified atom stereocenters. The van der Waals surface area contributed by atoms with E-state index >= 15 is 0 Å². The maximum Gasteiger partial charge on any atom is 0.242 e. The van der Waals surface area contributed by atoms with E-state index in [2.05, 4.69) is 30.8 Å². The van der Waals surface area contributed by atoms with Crippen molar-refractivity contribution in [1.29, 1.82) is 0 Å². The molecule has 0 heterocycles. The Labute approximate surface area is 110 Å². The molecule has 1 rings (SSSR count). The molecule has 2 N–H and O–H groups in total. The molecule has 0 saturated carbocycles. The highest BCUT2D eigenvalue weighted by atomic mass is 32.2.